The fourth-order valence-electron chi connectivity index (χ4n) is 3.38. The molecule has 1 aliphatic rings. The molecule has 0 radical (unpaired) electrons. The molecule has 3 rings (SSSR count). The summed E-state index contributed by atoms with van der Waals surface area (Å²) in [5.74, 6) is 0.157. The number of carbonyl (C=O) groups is 1. The van der Waals surface area contributed by atoms with Crippen molar-refractivity contribution >= 4 is 5.91 Å². The van der Waals surface area contributed by atoms with Crippen LogP contribution in [0.4, 0.5) is 0 Å². The van der Waals surface area contributed by atoms with Crippen LogP contribution >= 0.6 is 0 Å². The second-order valence-electron chi connectivity index (χ2n) is 6.80. The van der Waals surface area contributed by atoms with Crippen LogP contribution in [0.25, 0.3) is 0 Å². The van der Waals surface area contributed by atoms with Crippen molar-refractivity contribution in [1.29, 1.82) is 0 Å². The number of hydrogen-bond acceptors (Lipinski definition) is 3. The van der Waals surface area contributed by atoms with Crippen LogP contribution in [-0.2, 0) is 13.6 Å². The summed E-state index contributed by atoms with van der Waals surface area (Å²) in [6.45, 7) is 10.4. The number of piperazine rings is 1. The van der Waals surface area contributed by atoms with Crippen LogP contribution in [0, 0.1) is 20.8 Å². The van der Waals surface area contributed by atoms with Crippen molar-refractivity contribution in [3.05, 3.63) is 52.3 Å². The lowest BCUT2D eigenvalue weighted by Gasteiger charge is -2.35. The fraction of sp³-hybridized carbons (Fsp3) is 0.474. The average Bonchev–Trinajstić information content (AvgIpc) is 2.85. The summed E-state index contributed by atoms with van der Waals surface area (Å²) < 4.78 is 1.87. The maximum Gasteiger partial charge on any atom is 0.254 e. The second-order valence-corrected chi connectivity index (χ2v) is 6.80. The minimum atomic E-state index is 0.157. The Kier molecular flexibility index (Phi) is 4.71. The monoisotopic (exact) mass is 326 g/mol. The Morgan fingerprint density at radius 3 is 2.42 bits per heavy atom. The SMILES string of the molecule is Cc1ccc(C(=O)N2CCN(Cc3cn(C)nc3C)CC2)c(C)c1. The fourth-order valence-corrected chi connectivity index (χ4v) is 3.38. The molecule has 1 aliphatic heterocycles. The molecule has 24 heavy (non-hydrogen) atoms. The molecule has 0 spiro atoms. The number of carbonyl (C=O) groups excluding carboxylic acids is 1. The molecule has 5 nitrogen and oxygen atoms in total. The Morgan fingerprint density at radius 1 is 1.12 bits per heavy atom. The van der Waals surface area contributed by atoms with Crippen molar-refractivity contribution in [3.63, 3.8) is 0 Å². The van der Waals surface area contributed by atoms with Gasteiger partial charge >= 0.3 is 0 Å². The first-order chi connectivity index (χ1) is 11.4. The molecule has 1 aromatic heterocycles. The molecule has 2 aromatic rings. The lowest BCUT2D eigenvalue weighted by molar-refractivity contribution is 0.0627. The number of aromatic nitrogens is 2. The van der Waals surface area contributed by atoms with E-state index in [0.717, 1.165) is 49.5 Å². The van der Waals surface area contributed by atoms with E-state index in [0.29, 0.717) is 0 Å². The number of hydrogen-bond donors (Lipinski definition) is 0. The topological polar surface area (TPSA) is 41.4 Å². The van der Waals surface area contributed by atoms with Gasteiger partial charge in [0.05, 0.1) is 5.69 Å². The quantitative estimate of drug-likeness (QED) is 0.869. The van der Waals surface area contributed by atoms with Crippen molar-refractivity contribution in [3.8, 4) is 0 Å². The smallest absolute Gasteiger partial charge is 0.254 e. The number of amides is 1. The van der Waals surface area contributed by atoms with Crippen molar-refractivity contribution in [2.75, 3.05) is 26.2 Å². The van der Waals surface area contributed by atoms with E-state index in [9.17, 15) is 4.79 Å². The average molecular weight is 326 g/mol. The molecule has 1 fully saturated rings. The van der Waals surface area contributed by atoms with Gasteiger partial charge in [0, 0.05) is 57.1 Å². The van der Waals surface area contributed by atoms with Crippen LogP contribution < -0.4 is 0 Å². The van der Waals surface area contributed by atoms with Gasteiger partial charge in [-0.1, -0.05) is 17.7 Å². The van der Waals surface area contributed by atoms with Crippen LogP contribution in [0.3, 0.4) is 0 Å². The molecule has 0 aliphatic carbocycles. The van der Waals surface area contributed by atoms with Gasteiger partial charge in [0.15, 0.2) is 0 Å². The van der Waals surface area contributed by atoms with Gasteiger partial charge in [-0.2, -0.15) is 5.10 Å². The van der Waals surface area contributed by atoms with Crippen LogP contribution in [-0.4, -0.2) is 51.7 Å². The normalized spacial score (nSPS) is 15.8. The highest BCUT2D eigenvalue weighted by molar-refractivity contribution is 5.95. The highest BCUT2D eigenvalue weighted by Crippen LogP contribution is 2.16. The van der Waals surface area contributed by atoms with Gasteiger partial charge in [-0.3, -0.25) is 14.4 Å². The molecule has 1 aromatic carbocycles. The molecule has 0 N–H and O–H groups in total. The number of aryl methyl sites for hydroxylation is 4. The zero-order chi connectivity index (χ0) is 17.3. The van der Waals surface area contributed by atoms with E-state index < -0.39 is 0 Å². The molecule has 2 heterocycles. The Morgan fingerprint density at radius 2 is 1.83 bits per heavy atom. The van der Waals surface area contributed by atoms with Crippen LogP contribution in [0.15, 0.2) is 24.4 Å². The van der Waals surface area contributed by atoms with Crippen molar-refractivity contribution < 1.29 is 4.79 Å². The lowest BCUT2D eigenvalue weighted by Crippen LogP contribution is -2.48. The maximum atomic E-state index is 12.7. The third-order valence-corrected chi connectivity index (χ3v) is 4.78. The summed E-state index contributed by atoms with van der Waals surface area (Å²) >= 11 is 0. The van der Waals surface area contributed by atoms with Crippen LogP contribution in [0.2, 0.25) is 0 Å². The summed E-state index contributed by atoms with van der Waals surface area (Å²) in [4.78, 5) is 17.1. The first-order valence-electron chi connectivity index (χ1n) is 8.52. The van der Waals surface area contributed by atoms with Crippen molar-refractivity contribution in [1.82, 2.24) is 19.6 Å². The Labute approximate surface area is 143 Å². The van der Waals surface area contributed by atoms with Crippen molar-refractivity contribution in [2.45, 2.75) is 27.3 Å². The van der Waals surface area contributed by atoms with Gasteiger partial charge in [-0.15, -0.1) is 0 Å². The van der Waals surface area contributed by atoms with E-state index >= 15 is 0 Å². The predicted molar refractivity (Wildman–Crippen MR) is 95.0 cm³/mol. The Bertz CT molecular complexity index is 742. The molecule has 0 atom stereocenters. The van der Waals surface area contributed by atoms with Gasteiger partial charge in [0.2, 0.25) is 0 Å². The van der Waals surface area contributed by atoms with E-state index in [1.165, 1.54) is 11.1 Å². The van der Waals surface area contributed by atoms with Gasteiger partial charge in [-0.05, 0) is 32.4 Å². The standard InChI is InChI=1S/C19H26N4O/c1-14-5-6-18(15(2)11-14)19(24)23-9-7-22(8-10-23)13-17-12-21(4)20-16(17)3/h5-6,11-12H,7-10,13H2,1-4H3. The van der Waals surface area contributed by atoms with Gasteiger partial charge < -0.3 is 4.90 Å². The summed E-state index contributed by atoms with van der Waals surface area (Å²) in [6, 6.07) is 6.05. The largest absolute Gasteiger partial charge is 0.336 e. The number of nitrogens with zero attached hydrogens (tertiary/aromatic N) is 4. The first kappa shape index (κ1) is 16.7. The van der Waals surface area contributed by atoms with E-state index in [-0.39, 0.29) is 5.91 Å². The number of rotatable bonds is 3. The molecule has 0 bridgehead atoms. The van der Waals surface area contributed by atoms with Crippen LogP contribution in [0.5, 0.6) is 0 Å². The molecular formula is C19H26N4O. The van der Waals surface area contributed by atoms with Gasteiger partial charge in [0.1, 0.15) is 0 Å². The third kappa shape index (κ3) is 3.51. The van der Waals surface area contributed by atoms with Gasteiger partial charge in [-0.25, -0.2) is 0 Å². The molecule has 1 saturated heterocycles. The Balaban J connectivity index is 1.60. The maximum absolute atomic E-state index is 12.7. The first-order valence-corrected chi connectivity index (χ1v) is 8.52. The zero-order valence-electron chi connectivity index (χ0n) is 15.0. The van der Waals surface area contributed by atoms with Gasteiger partial charge in [0.25, 0.3) is 5.91 Å². The molecule has 1 amide bonds. The summed E-state index contributed by atoms with van der Waals surface area (Å²) in [6.07, 6.45) is 2.09. The predicted octanol–water partition coefficient (Wildman–Crippen LogP) is 2.30. The third-order valence-electron chi connectivity index (χ3n) is 4.78. The lowest BCUT2D eigenvalue weighted by atomic mass is 10.0. The molecule has 5 heteroatoms. The van der Waals surface area contributed by atoms with E-state index in [1.807, 2.05) is 35.7 Å². The summed E-state index contributed by atoms with van der Waals surface area (Å²) in [5, 5.41) is 4.40. The minimum absolute atomic E-state index is 0.157. The van der Waals surface area contributed by atoms with Crippen LogP contribution in [0.1, 0.15) is 32.7 Å². The summed E-state index contributed by atoms with van der Waals surface area (Å²) in [7, 11) is 1.96. The highest BCUT2D eigenvalue weighted by atomic mass is 16.2. The Hall–Kier alpha value is -2.14. The molecule has 0 saturated carbocycles. The van der Waals surface area contributed by atoms with E-state index in [4.69, 9.17) is 0 Å². The molecule has 128 valence electrons. The second kappa shape index (κ2) is 6.77. The highest BCUT2D eigenvalue weighted by Gasteiger charge is 2.23. The van der Waals surface area contributed by atoms with E-state index in [2.05, 4.69) is 36.1 Å². The summed E-state index contributed by atoms with van der Waals surface area (Å²) in [5.41, 5.74) is 5.45. The van der Waals surface area contributed by atoms with E-state index in [1.54, 1.807) is 0 Å². The zero-order valence-corrected chi connectivity index (χ0v) is 15.0. The molecular weight excluding hydrogens is 300 g/mol. The number of benzene rings is 1. The van der Waals surface area contributed by atoms with Crippen molar-refractivity contribution in [2.24, 2.45) is 7.05 Å². The minimum Gasteiger partial charge on any atom is -0.336 e. The molecule has 0 unspecified atom stereocenters.